The number of benzene rings is 1. The normalized spacial score (nSPS) is 19.9. The third-order valence-electron chi connectivity index (χ3n) is 6.84. The molecule has 1 aromatic carbocycles. The van der Waals surface area contributed by atoms with Crippen molar-refractivity contribution in [1.82, 2.24) is 29.0 Å². The van der Waals surface area contributed by atoms with Crippen LogP contribution in [0, 0.1) is 11.3 Å². The first kappa shape index (κ1) is 22.2. The number of fused-ring (bicyclic) bond motifs is 3. The van der Waals surface area contributed by atoms with Gasteiger partial charge in [-0.25, -0.2) is 4.98 Å². The number of nitriles is 1. The van der Waals surface area contributed by atoms with Crippen LogP contribution in [0.25, 0.3) is 28.1 Å². The Labute approximate surface area is 203 Å². The Balaban J connectivity index is 1.53. The van der Waals surface area contributed by atoms with Gasteiger partial charge in [-0.15, -0.1) is 0 Å². The highest BCUT2D eigenvalue weighted by Gasteiger charge is 2.48. The SMILES string of the molecule is N#Cc1c(Cl)ccc2c1n(CCN1CCCC(O)C1)c(=O)c1c(-c3noc(C4(O)CC4)n3)ncn12. The van der Waals surface area contributed by atoms with Crippen LogP contribution in [-0.2, 0) is 12.1 Å². The molecule has 3 aromatic heterocycles. The second-order valence-electron chi connectivity index (χ2n) is 9.22. The van der Waals surface area contributed by atoms with Gasteiger partial charge in [0.15, 0.2) is 0 Å². The predicted molar refractivity (Wildman–Crippen MR) is 125 cm³/mol. The fourth-order valence-electron chi connectivity index (χ4n) is 4.79. The van der Waals surface area contributed by atoms with Crippen LogP contribution in [0.5, 0.6) is 0 Å². The highest BCUT2D eigenvalue weighted by atomic mass is 35.5. The predicted octanol–water partition coefficient (Wildman–Crippen LogP) is 1.66. The molecule has 4 aromatic rings. The molecule has 1 saturated carbocycles. The lowest BCUT2D eigenvalue weighted by molar-refractivity contribution is 0.0690. The number of β-amino-alcohol motifs (C(OH)–C–C–N with tert-alkyl or cyclic N) is 1. The number of hydrogen-bond acceptors (Lipinski definition) is 9. The number of piperidine rings is 1. The van der Waals surface area contributed by atoms with E-state index in [2.05, 4.69) is 26.1 Å². The topological polar surface area (TPSA) is 146 Å². The molecular formula is C23H22ClN7O4. The van der Waals surface area contributed by atoms with Crippen molar-refractivity contribution in [3.63, 3.8) is 0 Å². The monoisotopic (exact) mass is 495 g/mol. The van der Waals surface area contributed by atoms with Gasteiger partial charge in [-0.3, -0.25) is 14.1 Å². The third kappa shape index (κ3) is 3.61. The van der Waals surface area contributed by atoms with E-state index in [0.29, 0.717) is 37.0 Å². The molecule has 1 aliphatic carbocycles. The number of aromatic nitrogens is 5. The van der Waals surface area contributed by atoms with Gasteiger partial charge in [0.1, 0.15) is 29.2 Å². The maximum absolute atomic E-state index is 13.9. The number of imidazole rings is 1. The zero-order chi connectivity index (χ0) is 24.3. The van der Waals surface area contributed by atoms with Gasteiger partial charge < -0.3 is 19.3 Å². The van der Waals surface area contributed by atoms with Crippen LogP contribution < -0.4 is 5.56 Å². The van der Waals surface area contributed by atoms with Crippen LogP contribution in [0.15, 0.2) is 27.8 Å². The van der Waals surface area contributed by atoms with Gasteiger partial charge in [0.2, 0.25) is 5.82 Å². The minimum absolute atomic E-state index is 0.108. The molecule has 2 N–H and O–H groups in total. The molecule has 1 atom stereocenters. The Morgan fingerprint density at radius 2 is 2.11 bits per heavy atom. The van der Waals surface area contributed by atoms with Crippen molar-refractivity contribution < 1.29 is 14.7 Å². The molecule has 11 nitrogen and oxygen atoms in total. The van der Waals surface area contributed by atoms with Crippen LogP contribution in [0.1, 0.15) is 37.1 Å². The van der Waals surface area contributed by atoms with E-state index in [0.717, 1.165) is 19.4 Å². The van der Waals surface area contributed by atoms with E-state index in [1.807, 2.05) is 0 Å². The molecule has 6 rings (SSSR count). The highest BCUT2D eigenvalue weighted by Crippen LogP contribution is 2.44. The standard InChI is InChI=1S/C23H22ClN7O4/c24-15-3-4-16-18(14(15)10-25)30(9-8-29-7-1-2-13(32)11-29)21(33)19-17(26-12-31(16)19)20-27-22(35-28-20)23(34)5-6-23/h3-4,12-13,32,34H,1-2,5-9,11H2. The van der Waals surface area contributed by atoms with E-state index in [-0.39, 0.29) is 51.7 Å². The molecule has 12 heteroatoms. The van der Waals surface area contributed by atoms with Gasteiger partial charge in [-0.1, -0.05) is 16.8 Å². The Morgan fingerprint density at radius 3 is 2.86 bits per heavy atom. The van der Waals surface area contributed by atoms with Crippen LogP contribution in [-0.4, -0.2) is 64.9 Å². The number of likely N-dealkylation sites (tertiary alicyclic amines) is 1. The molecule has 35 heavy (non-hydrogen) atoms. The number of aliphatic hydroxyl groups excluding tert-OH is 1. The van der Waals surface area contributed by atoms with Crippen molar-refractivity contribution in [1.29, 1.82) is 5.26 Å². The molecule has 2 aliphatic rings. The zero-order valence-electron chi connectivity index (χ0n) is 18.7. The zero-order valence-corrected chi connectivity index (χ0v) is 19.4. The van der Waals surface area contributed by atoms with Gasteiger partial charge in [-0.05, 0) is 44.4 Å². The molecule has 1 unspecified atom stereocenters. The van der Waals surface area contributed by atoms with E-state index in [1.54, 1.807) is 16.5 Å². The van der Waals surface area contributed by atoms with Gasteiger partial charge in [0, 0.05) is 19.6 Å². The summed E-state index contributed by atoms with van der Waals surface area (Å²) in [7, 11) is 0. The second kappa shape index (κ2) is 8.13. The van der Waals surface area contributed by atoms with Crippen molar-refractivity contribution in [3.05, 3.63) is 45.3 Å². The first-order valence-corrected chi connectivity index (χ1v) is 11.9. The number of nitrogens with zero attached hydrogens (tertiary/aromatic N) is 7. The van der Waals surface area contributed by atoms with E-state index in [1.165, 1.54) is 10.9 Å². The van der Waals surface area contributed by atoms with Crippen molar-refractivity contribution in [3.8, 4) is 17.6 Å². The molecule has 0 radical (unpaired) electrons. The summed E-state index contributed by atoms with van der Waals surface area (Å²) in [6, 6.07) is 5.49. The average Bonchev–Trinajstić information content (AvgIpc) is 3.24. The molecular weight excluding hydrogens is 474 g/mol. The second-order valence-corrected chi connectivity index (χ2v) is 9.63. The van der Waals surface area contributed by atoms with E-state index in [9.17, 15) is 20.3 Å². The van der Waals surface area contributed by atoms with Gasteiger partial charge >= 0.3 is 0 Å². The van der Waals surface area contributed by atoms with Gasteiger partial charge in [0.05, 0.1) is 27.7 Å². The molecule has 1 saturated heterocycles. The number of aliphatic hydroxyl groups is 2. The van der Waals surface area contributed by atoms with Crippen LogP contribution in [0.4, 0.5) is 0 Å². The van der Waals surface area contributed by atoms with E-state index < -0.39 is 5.60 Å². The Bertz CT molecular complexity index is 1560. The largest absolute Gasteiger partial charge is 0.392 e. The molecule has 180 valence electrons. The van der Waals surface area contributed by atoms with Gasteiger partial charge in [0.25, 0.3) is 11.4 Å². The fourth-order valence-corrected chi connectivity index (χ4v) is 4.98. The van der Waals surface area contributed by atoms with Crippen molar-refractivity contribution >= 4 is 28.2 Å². The van der Waals surface area contributed by atoms with Crippen molar-refractivity contribution in [2.75, 3.05) is 19.6 Å². The lowest BCUT2D eigenvalue weighted by Gasteiger charge is -2.30. The van der Waals surface area contributed by atoms with Crippen molar-refractivity contribution in [2.45, 2.75) is 43.9 Å². The smallest absolute Gasteiger partial charge is 0.277 e. The van der Waals surface area contributed by atoms with E-state index in [4.69, 9.17) is 16.1 Å². The molecule has 2 fully saturated rings. The summed E-state index contributed by atoms with van der Waals surface area (Å²) in [4.78, 5) is 24.7. The number of halogens is 1. The third-order valence-corrected chi connectivity index (χ3v) is 7.16. The molecule has 1 aliphatic heterocycles. The Kier molecular flexibility index (Phi) is 5.16. The first-order valence-electron chi connectivity index (χ1n) is 11.5. The molecule has 0 spiro atoms. The summed E-state index contributed by atoms with van der Waals surface area (Å²) in [5.74, 6) is 0.219. The average molecular weight is 496 g/mol. The molecule has 0 bridgehead atoms. The summed E-state index contributed by atoms with van der Waals surface area (Å²) >= 11 is 6.34. The Hall–Kier alpha value is -3.30. The summed E-state index contributed by atoms with van der Waals surface area (Å²) in [5.41, 5.74) is 0.185. The summed E-state index contributed by atoms with van der Waals surface area (Å²) < 4.78 is 8.39. The van der Waals surface area contributed by atoms with Crippen LogP contribution >= 0.6 is 11.6 Å². The highest BCUT2D eigenvalue weighted by molar-refractivity contribution is 6.32. The summed E-state index contributed by atoms with van der Waals surface area (Å²) in [5, 5.41) is 34.4. The summed E-state index contributed by atoms with van der Waals surface area (Å²) in [6.45, 7) is 2.16. The lowest BCUT2D eigenvalue weighted by Crippen LogP contribution is -2.41. The maximum atomic E-state index is 13.9. The summed E-state index contributed by atoms with van der Waals surface area (Å²) in [6.07, 6.45) is 3.82. The number of rotatable bonds is 5. The first-order chi connectivity index (χ1) is 16.9. The fraction of sp³-hybridized carbons (Fsp3) is 0.435. The van der Waals surface area contributed by atoms with Crippen molar-refractivity contribution in [2.24, 2.45) is 0 Å². The molecule has 4 heterocycles. The maximum Gasteiger partial charge on any atom is 0.277 e. The van der Waals surface area contributed by atoms with Gasteiger partial charge in [-0.2, -0.15) is 10.2 Å². The quantitative estimate of drug-likeness (QED) is 0.422. The number of hydrogen-bond donors (Lipinski definition) is 2. The minimum atomic E-state index is -1.11. The minimum Gasteiger partial charge on any atom is -0.392 e. The van der Waals surface area contributed by atoms with Crippen LogP contribution in [0.3, 0.4) is 0 Å². The molecule has 0 amide bonds. The Morgan fingerprint density at radius 1 is 1.29 bits per heavy atom. The van der Waals surface area contributed by atoms with E-state index >= 15 is 0 Å². The van der Waals surface area contributed by atoms with Crippen LogP contribution in [0.2, 0.25) is 5.02 Å². The lowest BCUT2D eigenvalue weighted by atomic mass is 10.1.